The van der Waals surface area contributed by atoms with E-state index in [1.54, 1.807) is 19.2 Å². The third-order valence-electron chi connectivity index (χ3n) is 3.60. The number of nitrogens with zero attached hydrogens (tertiary/aromatic N) is 3. The highest BCUT2D eigenvalue weighted by molar-refractivity contribution is 9.11. The summed E-state index contributed by atoms with van der Waals surface area (Å²) in [6.45, 7) is 4.25. The van der Waals surface area contributed by atoms with Gasteiger partial charge in [-0.05, 0) is 81.6 Å². The van der Waals surface area contributed by atoms with Crippen LogP contribution in [0.25, 0.3) is 10.9 Å². The zero-order valence-electron chi connectivity index (χ0n) is 14.0. The van der Waals surface area contributed by atoms with Gasteiger partial charge in [0, 0.05) is 4.47 Å². The predicted octanol–water partition coefficient (Wildman–Crippen LogP) is 5.27. The summed E-state index contributed by atoms with van der Waals surface area (Å²) in [7, 11) is 0. The van der Waals surface area contributed by atoms with Gasteiger partial charge in [-0.25, -0.2) is 4.98 Å². The molecule has 0 aliphatic carbocycles. The molecule has 5 nitrogen and oxygen atoms in total. The van der Waals surface area contributed by atoms with Gasteiger partial charge < -0.3 is 4.74 Å². The fourth-order valence-electron chi connectivity index (χ4n) is 2.46. The molecule has 0 aliphatic heterocycles. The second-order valence-electron chi connectivity index (χ2n) is 5.43. The SMILES string of the molecule is CCOc1c(Br)cc(C=Nn2c(C)nc3ccc(Br)cc3c2=O)cc1Br. The van der Waals surface area contributed by atoms with Crippen LogP contribution in [0.2, 0.25) is 0 Å². The molecular formula is C18H14Br3N3O2. The highest BCUT2D eigenvalue weighted by atomic mass is 79.9. The number of ether oxygens (including phenoxy) is 1. The molecule has 3 aromatic rings. The summed E-state index contributed by atoms with van der Waals surface area (Å²) in [5, 5.41) is 4.84. The molecule has 8 heteroatoms. The Kier molecular flexibility index (Phi) is 5.94. The molecule has 0 radical (unpaired) electrons. The molecule has 1 heterocycles. The first-order valence-corrected chi connectivity index (χ1v) is 10.1. The van der Waals surface area contributed by atoms with Crippen LogP contribution in [0.4, 0.5) is 0 Å². The van der Waals surface area contributed by atoms with Crippen molar-refractivity contribution >= 4 is 64.9 Å². The minimum atomic E-state index is -0.214. The molecule has 134 valence electrons. The van der Waals surface area contributed by atoms with Crippen molar-refractivity contribution in [1.82, 2.24) is 9.66 Å². The third kappa shape index (κ3) is 3.92. The fraction of sp³-hybridized carbons (Fsp3) is 0.167. The maximum absolute atomic E-state index is 12.7. The van der Waals surface area contributed by atoms with Gasteiger partial charge in [-0.1, -0.05) is 15.9 Å². The lowest BCUT2D eigenvalue weighted by Gasteiger charge is -2.09. The number of rotatable bonds is 4. The number of fused-ring (bicyclic) bond motifs is 1. The summed E-state index contributed by atoms with van der Waals surface area (Å²) >= 11 is 10.4. The zero-order chi connectivity index (χ0) is 18.8. The van der Waals surface area contributed by atoms with E-state index in [0.29, 0.717) is 23.3 Å². The minimum Gasteiger partial charge on any atom is -0.492 e. The fourth-order valence-corrected chi connectivity index (χ4v) is 4.27. The lowest BCUT2D eigenvalue weighted by Crippen LogP contribution is -2.20. The van der Waals surface area contributed by atoms with Gasteiger partial charge in [0.25, 0.3) is 5.56 Å². The van der Waals surface area contributed by atoms with E-state index in [1.165, 1.54) is 4.68 Å². The van der Waals surface area contributed by atoms with Gasteiger partial charge in [0.15, 0.2) is 0 Å². The molecule has 0 saturated carbocycles. The summed E-state index contributed by atoms with van der Waals surface area (Å²) in [6.07, 6.45) is 1.62. The van der Waals surface area contributed by atoms with Crippen LogP contribution in [-0.2, 0) is 0 Å². The van der Waals surface area contributed by atoms with Gasteiger partial charge in [0.2, 0.25) is 0 Å². The molecule has 0 bridgehead atoms. The predicted molar refractivity (Wildman–Crippen MR) is 114 cm³/mol. The Morgan fingerprint density at radius 2 is 1.88 bits per heavy atom. The van der Waals surface area contributed by atoms with Crippen molar-refractivity contribution < 1.29 is 4.74 Å². The van der Waals surface area contributed by atoms with Crippen molar-refractivity contribution in [3.63, 3.8) is 0 Å². The summed E-state index contributed by atoms with van der Waals surface area (Å²) < 4.78 is 9.31. The molecule has 0 N–H and O–H groups in total. The smallest absolute Gasteiger partial charge is 0.282 e. The molecular weight excluding hydrogens is 530 g/mol. The van der Waals surface area contributed by atoms with Crippen molar-refractivity contribution in [2.24, 2.45) is 5.10 Å². The first-order valence-electron chi connectivity index (χ1n) is 7.76. The third-order valence-corrected chi connectivity index (χ3v) is 5.27. The lowest BCUT2D eigenvalue weighted by atomic mass is 10.2. The van der Waals surface area contributed by atoms with Crippen molar-refractivity contribution in [1.29, 1.82) is 0 Å². The molecule has 3 rings (SSSR count). The van der Waals surface area contributed by atoms with Crippen LogP contribution >= 0.6 is 47.8 Å². The molecule has 26 heavy (non-hydrogen) atoms. The van der Waals surface area contributed by atoms with Crippen molar-refractivity contribution in [3.8, 4) is 5.75 Å². The molecule has 0 fully saturated rings. The van der Waals surface area contributed by atoms with Gasteiger partial charge in [0.05, 0.1) is 32.7 Å². The number of benzene rings is 2. The minimum absolute atomic E-state index is 0.214. The molecule has 0 aliphatic rings. The maximum atomic E-state index is 12.7. The molecule has 0 spiro atoms. The Morgan fingerprint density at radius 3 is 2.54 bits per heavy atom. The van der Waals surface area contributed by atoms with Gasteiger partial charge in [0.1, 0.15) is 11.6 Å². The number of aryl methyl sites for hydroxylation is 1. The molecule has 0 unspecified atom stereocenters. The first kappa shape index (κ1) is 19.3. The quantitative estimate of drug-likeness (QED) is 0.421. The Labute approximate surface area is 175 Å². The number of hydrogen-bond donors (Lipinski definition) is 0. The first-order chi connectivity index (χ1) is 12.4. The number of hydrogen-bond acceptors (Lipinski definition) is 4. The van der Waals surface area contributed by atoms with Crippen LogP contribution in [0.1, 0.15) is 18.3 Å². The normalized spacial score (nSPS) is 11.4. The van der Waals surface area contributed by atoms with E-state index >= 15 is 0 Å². The monoisotopic (exact) mass is 541 g/mol. The van der Waals surface area contributed by atoms with Crippen LogP contribution in [0.15, 0.2) is 53.6 Å². The van der Waals surface area contributed by atoms with Gasteiger partial charge in [-0.2, -0.15) is 9.78 Å². The van der Waals surface area contributed by atoms with Crippen molar-refractivity contribution in [3.05, 3.63) is 65.5 Å². The van der Waals surface area contributed by atoms with Crippen LogP contribution in [-0.4, -0.2) is 22.5 Å². The zero-order valence-corrected chi connectivity index (χ0v) is 18.7. The lowest BCUT2D eigenvalue weighted by molar-refractivity contribution is 0.336. The van der Waals surface area contributed by atoms with Gasteiger partial charge in [-0.3, -0.25) is 4.79 Å². The Bertz CT molecular complexity index is 1050. The average molecular weight is 544 g/mol. The maximum Gasteiger partial charge on any atom is 0.282 e. The molecule has 0 atom stereocenters. The van der Waals surface area contributed by atoms with E-state index in [4.69, 9.17) is 4.74 Å². The largest absolute Gasteiger partial charge is 0.492 e. The van der Waals surface area contributed by atoms with Crippen molar-refractivity contribution in [2.45, 2.75) is 13.8 Å². The second-order valence-corrected chi connectivity index (χ2v) is 8.05. The molecule has 1 aromatic heterocycles. The Hall–Kier alpha value is -1.51. The van der Waals surface area contributed by atoms with E-state index in [9.17, 15) is 4.79 Å². The van der Waals surface area contributed by atoms with Crippen LogP contribution in [0.5, 0.6) is 5.75 Å². The van der Waals surface area contributed by atoms with E-state index < -0.39 is 0 Å². The topological polar surface area (TPSA) is 56.5 Å². The number of aromatic nitrogens is 2. The molecule has 0 amide bonds. The second kappa shape index (κ2) is 8.02. The highest BCUT2D eigenvalue weighted by Gasteiger charge is 2.10. The Morgan fingerprint density at radius 1 is 1.19 bits per heavy atom. The average Bonchev–Trinajstić information content (AvgIpc) is 2.59. The van der Waals surface area contributed by atoms with Crippen LogP contribution in [0, 0.1) is 6.92 Å². The van der Waals surface area contributed by atoms with E-state index in [0.717, 1.165) is 24.7 Å². The van der Waals surface area contributed by atoms with Crippen LogP contribution < -0.4 is 10.3 Å². The molecule has 0 saturated heterocycles. The Balaban J connectivity index is 2.05. The summed E-state index contributed by atoms with van der Waals surface area (Å²) in [5.74, 6) is 1.25. The van der Waals surface area contributed by atoms with E-state index in [1.807, 2.05) is 31.2 Å². The van der Waals surface area contributed by atoms with Gasteiger partial charge >= 0.3 is 0 Å². The summed E-state index contributed by atoms with van der Waals surface area (Å²) in [6, 6.07) is 9.18. The van der Waals surface area contributed by atoms with E-state index in [-0.39, 0.29) is 5.56 Å². The summed E-state index contributed by atoms with van der Waals surface area (Å²) in [5.41, 5.74) is 1.25. The van der Waals surface area contributed by atoms with E-state index in [2.05, 4.69) is 57.9 Å². The van der Waals surface area contributed by atoms with Gasteiger partial charge in [-0.15, -0.1) is 0 Å². The van der Waals surface area contributed by atoms with Crippen LogP contribution in [0.3, 0.4) is 0 Å². The number of halogens is 3. The molecule has 2 aromatic carbocycles. The summed E-state index contributed by atoms with van der Waals surface area (Å²) in [4.78, 5) is 17.2. The standard InChI is InChI=1S/C18H14Br3N3O2/c1-3-26-17-14(20)6-11(7-15(17)21)9-22-24-10(2)23-16-5-4-12(19)8-13(16)18(24)25/h4-9H,3H2,1-2H3. The highest BCUT2D eigenvalue weighted by Crippen LogP contribution is 2.34. The van der Waals surface area contributed by atoms with Crippen molar-refractivity contribution in [2.75, 3.05) is 6.61 Å².